The van der Waals surface area contributed by atoms with E-state index in [-0.39, 0.29) is 0 Å². The maximum absolute atomic E-state index is 4.19. The van der Waals surface area contributed by atoms with Crippen molar-refractivity contribution in [3.63, 3.8) is 0 Å². The largest absolute Gasteiger partial charge is 0.334 e. The number of nitrogens with zero attached hydrogens (tertiary/aromatic N) is 2. The van der Waals surface area contributed by atoms with Gasteiger partial charge in [0.1, 0.15) is 5.82 Å². The molecule has 1 aromatic heterocycles. The van der Waals surface area contributed by atoms with E-state index in [1.807, 2.05) is 19.3 Å². The molecule has 0 aliphatic heterocycles. The molecule has 0 unspecified atom stereocenters. The predicted molar refractivity (Wildman–Crippen MR) is 67.5 cm³/mol. The normalized spacial score (nSPS) is 10.8. The van der Waals surface area contributed by atoms with Crippen molar-refractivity contribution in [2.75, 3.05) is 18.4 Å². The highest BCUT2D eigenvalue weighted by molar-refractivity contribution is 9.09. The summed E-state index contributed by atoms with van der Waals surface area (Å²) in [5, 5.41) is 4.57. The highest BCUT2D eigenvalue weighted by atomic mass is 79.9. The number of aromatic nitrogens is 2. The van der Waals surface area contributed by atoms with Crippen molar-refractivity contribution in [1.82, 2.24) is 14.9 Å². The van der Waals surface area contributed by atoms with Crippen LogP contribution in [0.3, 0.4) is 0 Å². The summed E-state index contributed by atoms with van der Waals surface area (Å²) in [6.45, 7) is 5.21. The second kappa shape index (κ2) is 7.88. The molecule has 0 aromatic carbocycles. The van der Waals surface area contributed by atoms with E-state index in [1.54, 1.807) is 0 Å². The van der Waals surface area contributed by atoms with Crippen LogP contribution in [0.15, 0.2) is 12.4 Å². The van der Waals surface area contributed by atoms with E-state index in [2.05, 4.69) is 30.8 Å². The summed E-state index contributed by atoms with van der Waals surface area (Å²) in [4.78, 5) is 4.19. The van der Waals surface area contributed by atoms with Gasteiger partial charge in [-0.15, -0.1) is 0 Å². The standard InChI is InChI=1S/C11H20BrN3/c1-11-14-8-10-15(11)9-7-13-6-4-2-3-5-12/h8,10,13H,2-7,9H2,1H3. The second-order valence-corrected chi connectivity index (χ2v) is 4.46. The summed E-state index contributed by atoms with van der Waals surface area (Å²) in [6, 6.07) is 0. The number of hydrogen-bond donors (Lipinski definition) is 1. The van der Waals surface area contributed by atoms with Crippen LogP contribution in [-0.4, -0.2) is 28.0 Å². The molecule has 0 atom stereocenters. The van der Waals surface area contributed by atoms with Crippen LogP contribution < -0.4 is 5.32 Å². The number of rotatable bonds is 8. The number of halogens is 1. The first kappa shape index (κ1) is 12.7. The maximum Gasteiger partial charge on any atom is 0.105 e. The quantitative estimate of drug-likeness (QED) is 0.582. The predicted octanol–water partition coefficient (Wildman–Crippen LogP) is 2.35. The summed E-state index contributed by atoms with van der Waals surface area (Å²) in [6.07, 6.45) is 7.74. The van der Waals surface area contributed by atoms with Gasteiger partial charge in [-0.3, -0.25) is 0 Å². The van der Waals surface area contributed by atoms with Gasteiger partial charge in [0.25, 0.3) is 0 Å². The van der Waals surface area contributed by atoms with Crippen LogP contribution in [0.25, 0.3) is 0 Å². The first-order valence-corrected chi connectivity index (χ1v) is 6.71. The van der Waals surface area contributed by atoms with E-state index in [4.69, 9.17) is 0 Å². The van der Waals surface area contributed by atoms with E-state index in [1.165, 1.54) is 19.3 Å². The molecule has 0 amide bonds. The van der Waals surface area contributed by atoms with Crippen molar-refractivity contribution in [3.05, 3.63) is 18.2 Å². The van der Waals surface area contributed by atoms with Gasteiger partial charge < -0.3 is 9.88 Å². The van der Waals surface area contributed by atoms with Gasteiger partial charge in [0, 0.05) is 30.8 Å². The van der Waals surface area contributed by atoms with Crippen molar-refractivity contribution in [1.29, 1.82) is 0 Å². The maximum atomic E-state index is 4.19. The van der Waals surface area contributed by atoms with Crippen molar-refractivity contribution in [2.45, 2.75) is 32.7 Å². The molecule has 0 saturated carbocycles. The fourth-order valence-corrected chi connectivity index (χ4v) is 1.88. The van der Waals surface area contributed by atoms with Crippen molar-refractivity contribution in [3.8, 4) is 0 Å². The topological polar surface area (TPSA) is 29.9 Å². The average molecular weight is 274 g/mol. The summed E-state index contributed by atoms with van der Waals surface area (Å²) >= 11 is 3.44. The molecule has 0 fully saturated rings. The molecule has 1 N–H and O–H groups in total. The van der Waals surface area contributed by atoms with Gasteiger partial charge in [0.15, 0.2) is 0 Å². The van der Waals surface area contributed by atoms with Gasteiger partial charge in [0.05, 0.1) is 0 Å². The van der Waals surface area contributed by atoms with Gasteiger partial charge in [-0.2, -0.15) is 0 Å². The fraction of sp³-hybridized carbons (Fsp3) is 0.727. The molecule has 1 aromatic rings. The Labute approximate surface area is 100 Å². The molecule has 86 valence electrons. The van der Waals surface area contributed by atoms with Gasteiger partial charge in [-0.25, -0.2) is 4.98 Å². The Hall–Kier alpha value is -0.350. The Morgan fingerprint density at radius 3 is 2.87 bits per heavy atom. The van der Waals surface area contributed by atoms with Crippen LogP contribution in [0.4, 0.5) is 0 Å². The lowest BCUT2D eigenvalue weighted by Gasteiger charge is -2.06. The summed E-state index contributed by atoms with van der Waals surface area (Å²) in [5.41, 5.74) is 0. The lowest BCUT2D eigenvalue weighted by atomic mass is 10.2. The molecule has 15 heavy (non-hydrogen) atoms. The highest BCUT2D eigenvalue weighted by Gasteiger charge is 1.95. The number of alkyl halides is 1. The number of unbranched alkanes of at least 4 members (excludes halogenated alkanes) is 2. The van der Waals surface area contributed by atoms with Crippen LogP contribution in [0.2, 0.25) is 0 Å². The summed E-state index contributed by atoms with van der Waals surface area (Å²) in [7, 11) is 0. The molecule has 0 radical (unpaired) electrons. The van der Waals surface area contributed by atoms with Gasteiger partial charge in [-0.1, -0.05) is 22.4 Å². The lowest BCUT2D eigenvalue weighted by Crippen LogP contribution is -2.21. The zero-order valence-electron chi connectivity index (χ0n) is 9.38. The minimum absolute atomic E-state index is 1.02. The third kappa shape index (κ3) is 5.33. The van der Waals surface area contributed by atoms with Crippen LogP contribution in [0.1, 0.15) is 25.1 Å². The Kier molecular flexibility index (Phi) is 6.68. The first-order chi connectivity index (χ1) is 7.34. The Balaban J connectivity index is 1.96. The smallest absolute Gasteiger partial charge is 0.105 e. The van der Waals surface area contributed by atoms with Crippen LogP contribution >= 0.6 is 15.9 Å². The number of imidazole rings is 1. The van der Waals surface area contributed by atoms with E-state index in [0.717, 1.165) is 30.8 Å². The monoisotopic (exact) mass is 273 g/mol. The Morgan fingerprint density at radius 2 is 2.20 bits per heavy atom. The van der Waals surface area contributed by atoms with Gasteiger partial charge in [0.2, 0.25) is 0 Å². The third-order valence-electron chi connectivity index (χ3n) is 2.44. The second-order valence-electron chi connectivity index (χ2n) is 3.67. The minimum atomic E-state index is 1.02. The first-order valence-electron chi connectivity index (χ1n) is 5.59. The van der Waals surface area contributed by atoms with Crippen molar-refractivity contribution >= 4 is 15.9 Å². The SMILES string of the molecule is Cc1nccn1CCNCCCCCBr. The van der Waals surface area contributed by atoms with Crippen LogP contribution in [0, 0.1) is 6.92 Å². The van der Waals surface area contributed by atoms with E-state index in [0.29, 0.717) is 0 Å². The molecular weight excluding hydrogens is 254 g/mol. The zero-order chi connectivity index (χ0) is 10.9. The fourth-order valence-electron chi connectivity index (χ4n) is 1.49. The number of aryl methyl sites for hydroxylation is 1. The Morgan fingerprint density at radius 1 is 1.33 bits per heavy atom. The third-order valence-corrected chi connectivity index (χ3v) is 3.00. The number of nitrogens with one attached hydrogen (secondary N) is 1. The molecule has 1 heterocycles. The van der Waals surface area contributed by atoms with E-state index < -0.39 is 0 Å². The molecule has 0 saturated heterocycles. The van der Waals surface area contributed by atoms with Crippen molar-refractivity contribution < 1.29 is 0 Å². The highest BCUT2D eigenvalue weighted by Crippen LogP contribution is 1.97. The van der Waals surface area contributed by atoms with Gasteiger partial charge in [-0.05, 0) is 26.3 Å². The van der Waals surface area contributed by atoms with Crippen LogP contribution in [-0.2, 0) is 6.54 Å². The lowest BCUT2D eigenvalue weighted by molar-refractivity contribution is 0.564. The van der Waals surface area contributed by atoms with Crippen molar-refractivity contribution in [2.24, 2.45) is 0 Å². The molecule has 1 rings (SSSR count). The minimum Gasteiger partial charge on any atom is -0.334 e. The molecule has 4 heteroatoms. The number of hydrogen-bond acceptors (Lipinski definition) is 2. The summed E-state index contributed by atoms with van der Waals surface area (Å²) in [5.74, 6) is 1.09. The van der Waals surface area contributed by atoms with Crippen LogP contribution in [0.5, 0.6) is 0 Å². The summed E-state index contributed by atoms with van der Waals surface area (Å²) < 4.78 is 2.17. The van der Waals surface area contributed by atoms with E-state index >= 15 is 0 Å². The molecule has 0 bridgehead atoms. The van der Waals surface area contributed by atoms with E-state index in [9.17, 15) is 0 Å². The zero-order valence-corrected chi connectivity index (χ0v) is 11.0. The molecule has 0 aliphatic rings. The Bertz CT molecular complexity index is 260. The molecule has 0 aliphatic carbocycles. The molecular formula is C11H20BrN3. The molecule has 0 spiro atoms. The van der Waals surface area contributed by atoms with Gasteiger partial charge >= 0.3 is 0 Å². The average Bonchev–Trinajstić information content (AvgIpc) is 2.63. The molecule has 3 nitrogen and oxygen atoms in total.